The van der Waals surface area contributed by atoms with Crippen molar-refractivity contribution in [1.29, 1.82) is 0 Å². The number of nitro benzene ring substituents is 1. The van der Waals surface area contributed by atoms with Gasteiger partial charge in [0.05, 0.1) is 16.7 Å². The maximum Gasteiger partial charge on any atom is 0.275 e. The van der Waals surface area contributed by atoms with Crippen molar-refractivity contribution in [2.24, 2.45) is 0 Å². The van der Waals surface area contributed by atoms with Gasteiger partial charge in [-0.05, 0) is 25.1 Å². The number of benzene rings is 1. The minimum absolute atomic E-state index is 0.112. The van der Waals surface area contributed by atoms with Gasteiger partial charge < -0.3 is 9.52 Å². The lowest BCUT2D eigenvalue weighted by molar-refractivity contribution is -0.386. The highest BCUT2D eigenvalue weighted by Crippen LogP contribution is 2.30. The smallest absolute Gasteiger partial charge is 0.275 e. The fourth-order valence-electron chi connectivity index (χ4n) is 1.66. The first-order valence-electron chi connectivity index (χ1n) is 5.06. The maximum atomic E-state index is 10.9. The molecule has 2 rings (SSSR count). The Morgan fingerprint density at radius 2 is 2.18 bits per heavy atom. The van der Waals surface area contributed by atoms with Crippen LogP contribution in [0.4, 0.5) is 5.69 Å². The summed E-state index contributed by atoms with van der Waals surface area (Å²) < 4.78 is 5.05. The van der Waals surface area contributed by atoms with E-state index in [1.807, 2.05) is 6.92 Å². The molecule has 0 aliphatic heterocycles. The lowest BCUT2D eigenvalue weighted by atomic mass is 10.0. The molecule has 1 N–H and O–H groups in total. The molecule has 0 aliphatic carbocycles. The highest BCUT2D eigenvalue weighted by atomic mass is 16.6. The van der Waals surface area contributed by atoms with E-state index >= 15 is 0 Å². The summed E-state index contributed by atoms with van der Waals surface area (Å²) in [6.45, 7) is 1.81. The summed E-state index contributed by atoms with van der Waals surface area (Å²) in [5.41, 5.74) is 0.973. The van der Waals surface area contributed by atoms with Gasteiger partial charge in [-0.15, -0.1) is 0 Å². The highest BCUT2D eigenvalue weighted by Gasteiger charge is 2.23. The van der Waals surface area contributed by atoms with E-state index in [-0.39, 0.29) is 11.3 Å². The summed E-state index contributed by atoms with van der Waals surface area (Å²) in [7, 11) is 0. The van der Waals surface area contributed by atoms with E-state index in [1.165, 1.54) is 12.3 Å². The molecule has 1 aromatic heterocycles. The molecule has 0 spiro atoms. The van der Waals surface area contributed by atoms with Gasteiger partial charge in [0.2, 0.25) is 0 Å². The molecule has 1 heterocycles. The van der Waals surface area contributed by atoms with Crippen molar-refractivity contribution >= 4 is 5.69 Å². The zero-order valence-electron chi connectivity index (χ0n) is 9.16. The van der Waals surface area contributed by atoms with Crippen molar-refractivity contribution in [2.45, 2.75) is 13.0 Å². The molecular weight excluding hydrogens is 222 g/mol. The number of hydrogen-bond donors (Lipinski definition) is 1. The molecule has 17 heavy (non-hydrogen) atoms. The molecule has 0 bridgehead atoms. The molecule has 0 unspecified atom stereocenters. The fourth-order valence-corrected chi connectivity index (χ4v) is 1.66. The summed E-state index contributed by atoms with van der Waals surface area (Å²) in [5, 5.41) is 20.9. The maximum absolute atomic E-state index is 10.9. The lowest BCUT2D eigenvalue weighted by Gasteiger charge is -2.09. The quantitative estimate of drug-likeness (QED) is 0.652. The number of aliphatic hydroxyl groups excluding tert-OH is 1. The third-order valence-electron chi connectivity index (χ3n) is 2.49. The third-order valence-corrected chi connectivity index (χ3v) is 2.49. The number of aliphatic hydroxyl groups is 1. The molecular formula is C12H11NO4. The molecule has 1 atom stereocenters. The fraction of sp³-hybridized carbons (Fsp3) is 0.167. The number of furan rings is 1. The minimum atomic E-state index is -1.12. The summed E-state index contributed by atoms with van der Waals surface area (Å²) in [6, 6.07) is 7.82. The summed E-state index contributed by atoms with van der Waals surface area (Å²) >= 11 is 0. The Morgan fingerprint density at radius 3 is 2.76 bits per heavy atom. The van der Waals surface area contributed by atoms with Crippen molar-refractivity contribution in [1.82, 2.24) is 0 Å². The Labute approximate surface area is 97.5 Å². The zero-order chi connectivity index (χ0) is 12.4. The van der Waals surface area contributed by atoms with E-state index in [0.717, 1.165) is 5.56 Å². The Bertz CT molecular complexity index is 533. The molecule has 2 aromatic rings. The molecule has 1 aromatic carbocycles. The van der Waals surface area contributed by atoms with Gasteiger partial charge >= 0.3 is 0 Å². The first-order chi connectivity index (χ1) is 8.09. The number of hydrogen-bond acceptors (Lipinski definition) is 4. The topological polar surface area (TPSA) is 76.5 Å². The van der Waals surface area contributed by atoms with Crippen molar-refractivity contribution in [3.63, 3.8) is 0 Å². The second-order valence-corrected chi connectivity index (χ2v) is 3.74. The van der Waals surface area contributed by atoms with Crippen LogP contribution >= 0.6 is 0 Å². The number of nitro groups is 1. The number of aryl methyl sites for hydroxylation is 1. The molecule has 0 fully saturated rings. The largest absolute Gasteiger partial charge is 0.466 e. The van der Waals surface area contributed by atoms with E-state index in [0.29, 0.717) is 5.76 Å². The second-order valence-electron chi connectivity index (χ2n) is 3.74. The molecule has 0 saturated heterocycles. The van der Waals surface area contributed by atoms with Crippen molar-refractivity contribution < 1.29 is 14.4 Å². The molecule has 88 valence electrons. The van der Waals surface area contributed by atoms with Crippen LogP contribution in [-0.4, -0.2) is 10.0 Å². The number of rotatable bonds is 3. The van der Waals surface area contributed by atoms with Gasteiger partial charge in [0.25, 0.3) is 5.69 Å². The van der Waals surface area contributed by atoms with Crippen LogP contribution in [0, 0.1) is 17.0 Å². The normalized spacial score (nSPS) is 12.4. The van der Waals surface area contributed by atoms with Gasteiger partial charge in [0.1, 0.15) is 11.9 Å². The highest BCUT2D eigenvalue weighted by molar-refractivity contribution is 5.46. The monoisotopic (exact) mass is 233 g/mol. The molecule has 0 saturated carbocycles. The van der Waals surface area contributed by atoms with Crippen LogP contribution in [0.25, 0.3) is 0 Å². The van der Waals surface area contributed by atoms with Gasteiger partial charge in [-0.1, -0.05) is 11.6 Å². The Hall–Kier alpha value is -2.14. The summed E-state index contributed by atoms with van der Waals surface area (Å²) in [6.07, 6.45) is 0.297. The molecule has 0 amide bonds. The van der Waals surface area contributed by atoms with Gasteiger partial charge in [0, 0.05) is 6.07 Å². The Morgan fingerprint density at radius 1 is 1.41 bits per heavy atom. The van der Waals surface area contributed by atoms with Crippen molar-refractivity contribution in [3.05, 3.63) is 63.6 Å². The van der Waals surface area contributed by atoms with Crippen molar-refractivity contribution in [3.8, 4) is 0 Å². The van der Waals surface area contributed by atoms with Gasteiger partial charge in [-0.25, -0.2) is 0 Å². The average molecular weight is 233 g/mol. The standard InChI is InChI=1S/C12H11NO4/c1-8-4-5-10(13(15)16)9(7-8)12(14)11-3-2-6-17-11/h2-7,12,14H,1H3/t12-/m1/s1. The second kappa shape index (κ2) is 4.39. The van der Waals surface area contributed by atoms with Gasteiger partial charge in [-0.3, -0.25) is 10.1 Å². The molecule has 5 nitrogen and oxygen atoms in total. The zero-order valence-corrected chi connectivity index (χ0v) is 9.16. The lowest BCUT2D eigenvalue weighted by Crippen LogP contribution is -2.03. The average Bonchev–Trinajstić information content (AvgIpc) is 2.80. The van der Waals surface area contributed by atoms with Crippen LogP contribution in [0.5, 0.6) is 0 Å². The molecule has 5 heteroatoms. The summed E-state index contributed by atoms with van der Waals surface area (Å²) in [4.78, 5) is 10.4. The van der Waals surface area contributed by atoms with Crippen molar-refractivity contribution in [2.75, 3.05) is 0 Å². The van der Waals surface area contributed by atoms with E-state index in [4.69, 9.17) is 4.42 Å². The molecule has 0 aliphatic rings. The van der Waals surface area contributed by atoms with Crippen LogP contribution in [0.1, 0.15) is 23.0 Å². The van der Waals surface area contributed by atoms with Crippen LogP contribution in [0.15, 0.2) is 41.0 Å². The van der Waals surface area contributed by atoms with Gasteiger partial charge in [0.15, 0.2) is 0 Å². The minimum Gasteiger partial charge on any atom is -0.466 e. The SMILES string of the molecule is Cc1ccc([N+](=O)[O-])c([C@@H](O)c2ccco2)c1. The molecule has 0 radical (unpaired) electrons. The Kier molecular flexibility index (Phi) is 2.93. The third kappa shape index (κ3) is 2.19. The first kappa shape index (κ1) is 11.3. The predicted octanol–water partition coefficient (Wildman–Crippen LogP) is 2.58. The first-order valence-corrected chi connectivity index (χ1v) is 5.06. The van der Waals surface area contributed by atoms with Crippen LogP contribution < -0.4 is 0 Å². The van der Waals surface area contributed by atoms with E-state index in [1.54, 1.807) is 24.3 Å². The van der Waals surface area contributed by atoms with Gasteiger partial charge in [-0.2, -0.15) is 0 Å². The predicted molar refractivity (Wildman–Crippen MR) is 60.6 cm³/mol. The summed E-state index contributed by atoms with van der Waals surface area (Å²) in [5.74, 6) is 0.290. The van der Waals surface area contributed by atoms with Crippen LogP contribution in [0.2, 0.25) is 0 Å². The van der Waals surface area contributed by atoms with Crippen LogP contribution in [0.3, 0.4) is 0 Å². The van der Waals surface area contributed by atoms with E-state index in [2.05, 4.69) is 0 Å². The Balaban J connectivity index is 2.50. The van der Waals surface area contributed by atoms with E-state index < -0.39 is 11.0 Å². The van der Waals surface area contributed by atoms with Crippen LogP contribution in [-0.2, 0) is 0 Å². The van der Waals surface area contributed by atoms with E-state index in [9.17, 15) is 15.2 Å². The number of nitrogens with zero attached hydrogens (tertiary/aromatic N) is 1.